The van der Waals surface area contributed by atoms with E-state index in [1.807, 2.05) is 36.1 Å². The van der Waals surface area contributed by atoms with Crippen LogP contribution in [0.2, 0.25) is 0 Å². The zero-order chi connectivity index (χ0) is 16.2. The molecule has 0 saturated carbocycles. The van der Waals surface area contributed by atoms with Crippen molar-refractivity contribution < 1.29 is 9.53 Å². The van der Waals surface area contributed by atoms with Gasteiger partial charge < -0.3 is 14.5 Å². The zero-order valence-corrected chi connectivity index (χ0v) is 13.5. The van der Waals surface area contributed by atoms with Gasteiger partial charge in [-0.15, -0.1) is 0 Å². The van der Waals surface area contributed by atoms with E-state index < -0.39 is 0 Å². The number of carbonyl (C=O) groups excluding carboxylic acids is 1. The molecule has 5 nitrogen and oxygen atoms in total. The van der Waals surface area contributed by atoms with E-state index in [0.717, 1.165) is 30.1 Å². The number of hydrogen-bond acceptors (Lipinski definition) is 4. The summed E-state index contributed by atoms with van der Waals surface area (Å²) in [5, 5.41) is 0. The van der Waals surface area contributed by atoms with Crippen molar-refractivity contribution in [2.24, 2.45) is 0 Å². The molecule has 0 bridgehead atoms. The quantitative estimate of drug-likeness (QED) is 0.873. The van der Waals surface area contributed by atoms with Gasteiger partial charge in [-0.25, -0.2) is 0 Å². The van der Waals surface area contributed by atoms with E-state index in [2.05, 4.69) is 16.0 Å². The fourth-order valence-electron chi connectivity index (χ4n) is 2.90. The Balaban J connectivity index is 1.69. The van der Waals surface area contributed by atoms with Gasteiger partial charge in [0, 0.05) is 38.6 Å². The lowest BCUT2D eigenvalue weighted by atomic mass is 10.1. The van der Waals surface area contributed by atoms with E-state index in [1.165, 1.54) is 0 Å². The third kappa shape index (κ3) is 3.13. The molecule has 1 saturated heterocycles. The number of rotatable bonds is 3. The van der Waals surface area contributed by atoms with Crippen LogP contribution in [-0.2, 0) is 0 Å². The van der Waals surface area contributed by atoms with Crippen molar-refractivity contribution in [2.45, 2.75) is 6.92 Å². The number of para-hydroxylation sites is 2. The molecule has 5 heteroatoms. The van der Waals surface area contributed by atoms with Crippen LogP contribution in [0.5, 0.6) is 5.75 Å². The molecule has 1 aliphatic rings. The van der Waals surface area contributed by atoms with Gasteiger partial charge in [0.25, 0.3) is 5.91 Å². The Morgan fingerprint density at radius 3 is 2.57 bits per heavy atom. The minimum atomic E-state index is 0.0651. The van der Waals surface area contributed by atoms with Crippen LogP contribution in [0.3, 0.4) is 0 Å². The van der Waals surface area contributed by atoms with Gasteiger partial charge in [0.2, 0.25) is 0 Å². The molecule has 0 unspecified atom stereocenters. The van der Waals surface area contributed by atoms with E-state index in [-0.39, 0.29) is 5.91 Å². The molecular weight excluding hydrogens is 290 g/mol. The van der Waals surface area contributed by atoms with Crippen LogP contribution in [0, 0.1) is 6.92 Å². The molecule has 2 aromatic rings. The van der Waals surface area contributed by atoms with Gasteiger partial charge in [0.05, 0.1) is 18.4 Å². The smallest absolute Gasteiger partial charge is 0.255 e. The summed E-state index contributed by atoms with van der Waals surface area (Å²) in [6.45, 7) is 4.94. The SMILES string of the molecule is COc1ccccc1N1CCN(C(=O)c2cnccc2C)CC1. The summed E-state index contributed by atoms with van der Waals surface area (Å²) in [6, 6.07) is 9.87. The van der Waals surface area contributed by atoms with E-state index in [4.69, 9.17) is 4.74 Å². The Labute approximate surface area is 136 Å². The largest absolute Gasteiger partial charge is 0.495 e. The average Bonchev–Trinajstić information content (AvgIpc) is 2.61. The summed E-state index contributed by atoms with van der Waals surface area (Å²) in [7, 11) is 1.68. The molecule has 2 heterocycles. The molecular formula is C18H21N3O2. The summed E-state index contributed by atoms with van der Waals surface area (Å²) >= 11 is 0. The fourth-order valence-corrected chi connectivity index (χ4v) is 2.90. The van der Waals surface area contributed by atoms with E-state index in [9.17, 15) is 4.79 Å². The van der Waals surface area contributed by atoms with Crippen LogP contribution >= 0.6 is 0 Å². The number of benzene rings is 1. The molecule has 0 N–H and O–H groups in total. The van der Waals surface area contributed by atoms with Crippen LogP contribution in [0.1, 0.15) is 15.9 Å². The van der Waals surface area contributed by atoms with Gasteiger partial charge in [-0.1, -0.05) is 12.1 Å². The van der Waals surface area contributed by atoms with E-state index in [0.29, 0.717) is 18.7 Å². The van der Waals surface area contributed by atoms with Crippen molar-refractivity contribution >= 4 is 11.6 Å². The summed E-state index contributed by atoms with van der Waals surface area (Å²) < 4.78 is 5.43. The van der Waals surface area contributed by atoms with Crippen LogP contribution < -0.4 is 9.64 Å². The van der Waals surface area contributed by atoms with Crippen molar-refractivity contribution in [1.29, 1.82) is 0 Å². The third-order valence-corrected chi connectivity index (χ3v) is 4.26. The molecule has 0 aliphatic carbocycles. The predicted octanol–water partition coefficient (Wildman–Crippen LogP) is 2.36. The lowest BCUT2D eigenvalue weighted by Gasteiger charge is -2.36. The van der Waals surface area contributed by atoms with Gasteiger partial charge in [0.15, 0.2) is 0 Å². The standard InChI is InChI=1S/C18H21N3O2/c1-14-7-8-19-13-15(14)18(22)21-11-9-20(10-12-21)16-5-3-4-6-17(16)23-2/h3-8,13H,9-12H2,1-2H3. The van der Waals surface area contributed by atoms with Gasteiger partial charge in [-0.3, -0.25) is 9.78 Å². The summed E-state index contributed by atoms with van der Waals surface area (Å²) in [6.07, 6.45) is 3.37. The number of aromatic nitrogens is 1. The highest BCUT2D eigenvalue weighted by Gasteiger charge is 2.24. The molecule has 1 aliphatic heterocycles. The fraction of sp³-hybridized carbons (Fsp3) is 0.333. The molecule has 3 rings (SSSR count). The molecule has 23 heavy (non-hydrogen) atoms. The van der Waals surface area contributed by atoms with Crippen molar-refractivity contribution in [1.82, 2.24) is 9.88 Å². The molecule has 1 amide bonds. The summed E-state index contributed by atoms with van der Waals surface area (Å²) in [4.78, 5) is 20.9. The maximum absolute atomic E-state index is 12.6. The van der Waals surface area contributed by atoms with Crippen molar-refractivity contribution in [3.8, 4) is 5.75 Å². The number of aryl methyl sites for hydroxylation is 1. The minimum absolute atomic E-state index is 0.0651. The lowest BCUT2D eigenvalue weighted by molar-refractivity contribution is 0.0745. The van der Waals surface area contributed by atoms with Crippen LogP contribution in [0.4, 0.5) is 5.69 Å². The Morgan fingerprint density at radius 2 is 1.87 bits per heavy atom. The predicted molar refractivity (Wildman–Crippen MR) is 90.1 cm³/mol. The minimum Gasteiger partial charge on any atom is -0.495 e. The zero-order valence-electron chi connectivity index (χ0n) is 13.5. The highest BCUT2D eigenvalue weighted by atomic mass is 16.5. The molecule has 1 aromatic heterocycles. The average molecular weight is 311 g/mol. The van der Waals surface area contributed by atoms with Crippen LogP contribution in [0.25, 0.3) is 0 Å². The molecule has 0 atom stereocenters. The second-order valence-electron chi connectivity index (χ2n) is 5.64. The number of hydrogen-bond donors (Lipinski definition) is 0. The molecule has 120 valence electrons. The first-order valence-corrected chi connectivity index (χ1v) is 7.78. The van der Waals surface area contributed by atoms with E-state index in [1.54, 1.807) is 19.5 Å². The molecule has 0 spiro atoms. The van der Waals surface area contributed by atoms with Crippen LogP contribution in [-0.4, -0.2) is 49.1 Å². The number of methoxy groups -OCH3 is 1. The molecule has 1 fully saturated rings. The number of carbonyl (C=O) groups is 1. The highest BCUT2D eigenvalue weighted by Crippen LogP contribution is 2.28. The number of amides is 1. The number of anilines is 1. The second kappa shape index (κ2) is 6.69. The van der Waals surface area contributed by atoms with Gasteiger partial charge in [-0.2, -0.15) is 0 Å². The first-order chi connectivity index (χ1) is 11.2. The first-order valence-electron chi connectivity index (χ1n) is 7.78. The summed E-state index contributed by atoms with van der Waals surface area (Å²) in [5.74, 6) is 0.936. The monoisotopic (exact) mass is 311 g/mol. The van der Waals surface area contributed by atoms with Crippen molar-refractivity contribution in [3.05, 3.63) is 53.9 Å². The second-order valence-corrected chi connectivity index (χ2v) is 5.64. The number of nitrogens with zero attached hydrogens (tertiary/aromatic N) is 3. The number of ether oxygens (including phenoxy) is 1. The van der Waals surface area contributed by atoms with E-state index >= 15 is 0 Å². The lowest BCUT2D eigenvalue weighted by Crippen LogP contribution is -2.49. The summed E-state index contributed by atoms with van der Waals surface area (Å²) in [5.41, 5.74) is 2.75. The van der Waals surface area contributed by atoms with Gasteiger partial charge in [0.1, 0.15) is 5.75 Å². The topological polar surface area (TPSA) is 45.7 Å². The van der Waals surface area contributed by atoms with Crippen molar-refractivity contribution in [3.63, 3.8) is 0 Å². The van der Waals surface area contributed by atoms with Crippen LogP contribution in [0.15, 0.2) is 42.7 Å². The number of piperazine rings is 1. The third-order valence-electron chi connectivity index (χ3n) is 4.26. The number of pyridine rings is 1. The Bertz CT molecular complexity index is 694. The first kappa shape index (κ1) is 15.3. The Kier molecular flexibility index (Phi) is 4.46. The highest BCUT2D eigenvalue weighted by molar-refractivity contribution is 5.95. The van der Waals surface area contributed by atoms with Crippen molar-refractivity contribution in [2.75, 3.05) is 38.2 Å². The normalized spacial score (nSPS) is 14.7. The Morgan fingerprint density at radius 1 is 1.13 bits per heavy atom. The Hall–Kier alpha value is -2.56. The van der Waals surface area contributed by atoms with Gasteiger partial charge in [-0.05, 0) is 30.7 Å². The van der Waals surface area contributed by atoms with Gasteiger partial charge >= 0.3 is 0 Å². The maximum atomic E-state index is 12.6. The molecule has 1 aromatic carbocycles. The maximum Gasteiger partial charge on any atom is 0.255 e. The molecule has 0 radical (unpaired) electrons.